The van der Waals surface area contributed by atoms with Crippen LogP contribution in [0.3, 0.4) is 0 Å². The van der Waals surface area contributed by atoms with Gasteiger partial charge < -0.3 is 60.9 Å². The maximum Gasteiger partial charge on any atom is 0.336 e. The van der Waals surface area contributed by atoms with Crippen LogP contribution in [0.4, 0.5) is 0 Å². The summed E-state index contributed by atoms with van der Waals surface area (Å²) >= 11 is 0. The van der Waals surface area contributed by atoms with Gasteiger partial charge in [-0.1, -0.05) is 97.1 Å². The van der Waals surface area contributed by atoms with Crippen molar-refractivity contribution in [2.45, 2.75) is 50.3 Å². The predicted octanol–water partition coefficient (Wildman–Crippen LogP) is 9.17. The second kappa shape index (κ2) is 23.6. The Morgan fingerprint density at radius 3 is 0.842 bits per heavy atom. The monoisotopic (exact) mass is 1270 g/mol. The number of aromatic carboxylic acids is 8. The van der Waals surface area contributed by atoms with Gasteiger partial charge in [-0.25, -0.2) is 58.3 Å². The van der Waals surface area contributed by atoms with Crippen LogP contribution in [0.25, 0.3) is 0 Å². The summed E-state index contributed by atoms with van der Waals surface area (Å²) in [6.45, 7) is 0. The SMILES string of the molecule is CN1C2=NC3c4cc(Cc5ccc(C(=O)O)c(C(=O)O)c5)ccc4C(=NC4c5cc(Cc6ccc(C(=O)O)c(C(=O)O)c6)ccc5C(=NC5NC(=NC1c1cc(Cc6ccc(C(=O)O)c(C(=O)O)c6)ccc12)c1ccc(Cc2ccc(C(=O)O)c(C(=O)O)c2)cc15)N4C)N3C. The second-order valence-corrected chi connectivity index (χ2v) is 23.7. The molecule has 474 valence electrons. The molecular weight excluding hydrogens is 1220 g/mol. The Morgan fingerprint density at radius 1 is 0.305 bits per heavy atom. The molecule has 0 fully saturated rings. The molecule has 5 aliphatic heterocycles. The molecule has 0 saturated heterocycles. The standard InChI is InChI=1S/C71H54N8O16/c1-77-58-41-13-5-34(22-38-10-18-46(66(84)85)54(30-38)70(92)93)26-50(41)62(77)76-60-43-15-7-35(23-39-11-19-47(67(86)87)55(31-39)71(94)95)27-51(43)63(79(60)3)75-59-42-14-6-33(21-37-9-17-45(65(82)83)53(29-37)69(90)91)25-49(42)61(78(59)2)73-56-40-12-4-32(24-48(40)57(72-56)74-58)20-36-8-16-44(64(80)81)52(28-36)68(88)89/h4-19,24-31,57,61-63H,20-23H2,1-3H3,(H,72,73)(H,80,81)(H,82,83)(H,84,85)(H,86,87)(H,88,89)(H,90,91)(H,92,93)(H,94,95). The number of benzene rings is 8. The van der Waals surface area contributed by atoms with Crippen molar-refractivity contribution >= 4 is 71.1 Å². The van der Waals surface area contributed by atoms with Crippen LogP contribution in [0.15, 0.2) is 166 Å². The van der Waals surface area contributed by atoms with E-state index in [0.29, 0.717) is 90.1 Å². The zero-order chi connectivity index (χ0) is 67.2. The zero-order valence-corrected chi connectivity index (χ0v) is 50.5. The van der Waals surface area contributed by atoms with Crippen molar-refractivity contribution in [3.63, 3.8) is 0 Å². The lowest BCUT2D eigenvalue weighted by atomic mass is 9.96. The molecule has 5 aliphatic rings. The van der Waals surface area contributed by atoms with Crippen molar-refractivity contribution < 1.29 is 79.2 Å². The first-order valence-corrected chi connectivity index (χ1v) is 29.6. The number of rotatable bonds is 16. The van der Waals surface area contributed by atoms with Crippen molar-refractivity contribution in [3.8, 4) is 0 Å². The smallest absolute Gasteiger partial charge is 0.336 e. The van der Waals surface area contributed by atoms with E-state index < -0.39 is 72.4 Å². The average molecular weight is 1280 g/mol. The number of carboxylic acid groups (broad SMARTS) is 8. The van der Waals surface area contributed by atoms with Gasteiger partial charge in [-0.05, 0) is 119 Å². The van der Waals surface area contributed by atoms with E-state index in [0.717, 1.165) is 22.3 Å². The predicted molar refractivity (Wildman–Crippen MR) is 342 cm³/mol. The molecule has 95 heavy (non-hydrogen) atoms. The largest absolute Gasteiger partial charge is 0.478 e. The van der Waals surface area contributed by atoms with Crippen LogP contribution in [0, 0.1) is 0 Å². The molecule has 0 aromatic heterocycles. The number of carboxylic acids is 8. The average Bonchev–Trinajstić information content (AvgIpc) is 1.58. The molecule has 9 N–H and O–H groups in total. The van der Waals surface area contributed by atoms with Gasteiger partial charge in [-0.15, -0.1) is 0 Å². The highest BCUT2D eigenvalue weighted by molar-refractivity contribution is 6.10. The first kappa shape index (κ1) is 61.3. The van der Waals surface area contributed by atoms with Crippen molar-refractivity contribution in [2.75, 3.05) is 21.1 Å². The molecule has 8 aromatic carbocycles. The van der Waals surface area contributed by atoms with Crippen molar-refractivity contribution in [1.82, 2.24) is 20.0 Å². The fraction of sp³-hybridized carbons (Fsp3) is 0.155. The molecule has 0 spiro atoms. The van der Waals surface area contributed by atoms with Gasteiger partial charge in [-0.2, -0.15) is 0 Å². The van der Waals surface area contributed by atoms with E-state index in [-0.39, 0.29) is 70.2 Å². The second-order valence-electron chi connectivity index (χ2n) is 23.7. The highest BCUT2D eigenvalue weighted by Gasteiger charge is 2.42. The minimum Gasteiger partial charge on any atom is -0.478 e. The summed E-state index contributed by atoms with van der Waals surface area (Å²) in [4.78, 5) is 126. The lowest BCUT2D eigenvalue weighted by molar-refractivity contribution is 0.0651. The molecule has 5 heterocycles. The number of carbonyl (C=O) groups is 8. The number of hydrogen-bond donors (Lipinski definition) is 9. The van der Waals surface area contributed by atoms with Crippen LogP contribution in [-0.2, 0) is 25.7 Å². The zero-order valence-electron chi connectivity index (χ0n) is 50.5. The maximum atomic E-state index is 12.3. The van der Waals surface area contributed by atoms with Gasteiger partial charge in [0.05, 0.1) is 44.5 Å². The van der Waals surface area contributed by atoms with E-state index >= 15 is 0 Å². The summed E-state index contributed by atoms with van der Waals surface area (Å²) in [5.41, 5.74) is 7.68. The summed E-state index contributed by atoms with van der Waals surface area (Å²) in [5.74, 6) is -9.19. The maximum absolute atomic E-state index is 12.3. The highest BCUT2D eigenvalue weighted by Crippen LogP contribution is 2.45. The first-order chi connectivity index (χ1) is 45.4. The third-order valence-electron chi connectivity index (χ3n) is 17.8. The quantitative estimate of drug-likeness (QED) is 0.0435. The summed E-state index contributed by atoms with van der Waals surface area (Å²) < 4.78 is 0. The summed E-state index contributed by atoms with van der Waals surface area (Å²) in [6.07, 6.45) is -2.49. The Hall–Kier alpha value is -12.6. The van der Waals surface area contributed by atoms with Crippen molar-refractivity contribution in [2.24, 2.45) is 20.0 Å². The number of aliphatic imine (C=N–C) groups is 4. The molecule has 0 amide bonds. The van der Waals surface area contributed by atoms with Crippen LogP contribution in [0.2, 0.25) is 0 Å². The molecule has 8 aromatic rings. The number of amidine groups is 4. The molecular formula is C71H54N8O16. The third kappa shape index (κ3) is 11.1. The molecule has 8 bridgehead atoms. The topological polar surface area (TPSA) is 370 Å². The van der Waals surface area contributed by atoms with Crippen LogP contribution in [0.1, 0.15) is 197 Å². The summed E-state index contributed by atoms with van der Waals surface area (Å²) in [6, 6.07) is 39.6. The van der Waals surface area contributed by atoms with Crippen LogP contribution >= 0.6 is 0 Å². The molecule has 0 aliphatic carbocycles. The Bertz CT molecular complexity index is 4920. The molecule has 13 rings (SSSR count). The minimum atomic E-state index is -1.40. The lowest BCUT2D eigenvalue weighted by Gasteiger charge is -2.26. The number of fused-ring (bicyclic) bond motifs is 20. The van der Waals surface area contributed by atoms with E-state index in [1.165, 1.54) is 48.5 Å². The fourth-order valence-corrected chi connectivity index (χ4v) is 13.2. The number of nitrogens with one attached hydrogen (secondary N) is 1. The molecule has 0 saturated carbocycles. The number of nitrogens with zero attached hydrogens (tertiary/aromatic N) is 7. The minimum absolute atomic E-state index is 0.193. The van der Waals surface area contributed by atoms with Gasteiger partial charge in [0.25, 0.3) is 0 Å². The van der Waals surface area contributed by atoms with Crippen LogP contribution in [0.5, 0.6) is 0 Å². The van der Waals surface area contributed by atoms with Gasteiger partial charge in [0.1, 0.15) is 29.5 Å². The van der Waals surface area contributed by atoms with Gasteiger partial charge in [-0.3, -0.25) is 0 Å². The van der Waals surface area contributed by atoms with Gasteiger partial charge in [0.15, 0.2) is 18.5 Å². The van der Waals surface area contributed by atoms with Gasteiger partial charge >= 0.3 is 47.8 Å². The molecule has 4 atom stereocenters. The normalized spacial score (nSPS) is 17.1. The van der Waals surface area contributed by atoms with E-state index in [9.17, 15) is 79.2 Å². The molecule has 24 nitrogen and oxygen atoms in total. The van der Waals surface area contributed by atoms with E-state index in [4.69, 9.17) is 20.0 Å². The Labute approximate surface area is 538 Å². The molecule has 0 radical (unpaired) electrons. The van der Waals surface area contributed by atoms with Crippen LogP contribution in [-0.4, -0.2) is 148 Å². The molecule has 24 heteroatoms. The summed E-state index contributed by atoms with van der Waals surface area (Å²) in [7, 11) is 5.57. The number of hydrogen-bond acceptors (Lipinski definition) is 16. The Morgan fingerprint density at radius 2 is 0.547 bits per heavy atom. The van der Waals surface area contributed by atoms with Gasteiger partial charge in [0.2, 0.25) is 0 Å². The third-order valence-corrected chi connectivity index (χ3v) is 17.8. The highest BCUT2D eigenvalue weighted by atomic mass is 16.4. The van der Waals surface area contributed by atoms with Gasteiger partial charge in [0, 0.05) is 65.7 Å². The fourth-order valence-electron chi connectivity index (χ4n) is 13.2. The first-order valence-electron chi connectivity index (χ1n) is 29.6. The Kier molecular flexibility index (Phi) is 15.2. The van der Waals surface area contributed by atoms with Crippen molar-refractivity contribution in [3.05, 3.63) is 279 Å². The lowest BCUT2D eigenvalue weighted by Crippen LogP contribution is -2.31. The van der Waals surface area contributed by atoms with Crippen LogP contribution < -0.4 is 5.32 Å². The van der Waals surface area contributed by atoms with Crippen molar-refractivity contribution in [1.29, 1.82) is 0 Å². The molecule has 4 unspecified atom stereocenters. The van der Waals surface area contributed by atoms with E-state index in [1.54, 1.807) is 24.3 Å². The van der Waals surface area contributed by atoms with E-state index in [1.807, 2.05) is 109 Å². The Balaban J connectivity index is 1.00. The summed E-state index contributed by atoms with van der Waals surface area (Å²) in [5, 5.41) is 83.0. The van der Waals surface area contributed by atoms with E-state index in [2.05, 4.69) is 5.32 Å².